The predicted molar refractivity (Wildman–Crippen MR) is 65.2 cm³/mol. The summed E-state index contributed by atoms with van der Waals surface area (Å²) < 4.78 is 0. The van der Waals surface area contributed by atoms with Crippen molar-refractivity contribution in [2.45, 2.75) is 51.1 Å². The highest BCUT2D eigenvalue weighted by atomic mass is 16.2. The maximum Gasteiger partial charge on any atom is 0.237 e. The minimum Gasteiger partial charge on any atom is -0.326 e. The standard InChI is InChI=1S/C13H21N3O/c1-10-4-5-11(7-10)15-9-13(17)16-6-2-3-12(16)8-14/h10-12,15H,2-7,9H2,1H3/t10-,11+,12+/m1/s1. The SMILES string of the molecule is C[C@@H]1CC[C@H](NCC(=O)N2CCC[C@H]2C#N)C1. The molecule has 17 heavy (non-hydrogen) atoms. The molecule has 3 atom stereocenters. The van der Waals surface area contributed by atoms with Crippen molar-refractivity contribution < 1.29 is 4.79 Å². The monoisotopic (exact) mass is 235 g/mol. The van der Waals surface area contributed by atoms with E-state index in [1.807, 2.05) is 0 Å². The van der Waals surface area contributed by atoms with E-state index in [0.29, 0.717) is 12.6 Å². The average Bonchev–Trinajstić information content (AvgIpc) is 2.94. The highest BCUT2D eigenvalue weighted by Crippen LogP contribution is 2.24. The third kappa shape index (κ3) is 2.98. The molecule has 0 aromatic carbocycles. The van der Waals surface area contributed by atoms with E-state index in [4.69, 9.17) is 5.26 Å². The number of carbonyl (C=O) groups is 1. The Morgan fingerprint density at radius 3 is 2.94 bits per heavy atom. The molecule has 0 bridgehead atoms. The lowest BCUT2D eigenvalue weighted by Gasteiger charge is -2.21. The summed E-state index contributed by atoms with van der Waals surface area (Å²) in [5, 5.41) is 12.3. The summed E-state index contributed by atoms with van der Waals surface area (Å²) in [4.78, 5) is 13.7. The van der Waals surface area contributed by atoms with Crippen LogP contribution >= 0.6 is 0 Å². The number of carbonyl (C=O) groups excluding carboxylic acids is 1. The fourth-order valence-electron chi connectivity index (χ4n) is 2.93. The Bertz CT molecular complexity index is 323. The van der Waals surface area contributed by atoms with Gasteiger partial charge in [-0.2, -0.15) is 5.26 Å². The Morgan fingerprint density at radius 1 is 1.47 bits per heavy atom. The number of amides is 1. The van der Waals surface area contributed by atoms with Crippen molar-refractivity contribution >= 4 is 5.91 Å². The minimum atomic E-state index is -0.188. The van der Waals surface area contributed by atoms with Crippen LogP contribution in [0.15, 0.2) is 0 Å². The number of hydrogen-bond donors (Lipinski definition) is 1. The Balaban J connectivity index is 1.76. The summed E-state index contributed by atoms with van der Waals surface area (Å²) in [7, 11) is 0. The van der Waals surface area contributed by atoms with Crippen LogP contribution in [0.2, 0.25) is 0 Å². The predicted octanol–water partition coefficient (Wildman–Crippen LogP) is 1.28. The van der Waals surface area contributed by atoms with Crippen molar-refractivity contribution in [3.63, 3.8) is 0 Å². The molecule has 0 aromatic heterocycles. The maximum absolute atomic E-state index is 12.0. The Morgan fingerprint density at radius 2 is 2.29 bits per heavy atom. The van der Waals surface area contributed by atoms with Crippen molar-refractivity contribution in [2.24, 2.45) is 5.92 Å². The Labute approximate surface area is 103 Å². The van der Waals surface area contributed by atoms with Crippen LogP contribution in [0.3, 0.4) is 0 Å². The molecule has 4 heteroatoms. The number of rotatable bonds is 3. The smallest absolute Gasteiger partial charge is 0.237 e. The molecule has 1 saturated heterocycles. The van der Waals surface area contributed by atoms with Crippen LogP contribution in [0.1, 0.15) is 39.0 Å². The number of nitrogens with one attached hydrogen (secondary N) is 1. The normalized spacial score (nSPS) is 32.7. The molecule has 0 unspecified atom stereocenters. The molecule has 1 aliphatic carbocycles. The van der Waals surface area contributed by atoms with Gasteiger partial charge in [-0.25, -0.2) is 0 Å². The number of nitriles is 1. The number of likely N-dealkylation sites (tertiary alicyclic amines) is 1. The molecule has 4 nitrogen and oxygen atoms in total. The Kier molecular flexibility index (Phi) is 4.01. The molecule has 1 amide bonds. The first-order chi connectivity index (χ1) is 8.20. The molecule has 1 heterocycles. The summed E-state index contributed by atoms with van der Waals surface area (Å²) in [6.07, 6.45) is 5.41. The summed E-state index contributed by atoms with van der Waals surface area (Å²) >= 11 is 0. The van der Waals surface area contributed by atoms with Gasteiger partial charge in [0.1, 0.15) is 6.04 Å². The van der Waals surface area contributed by atoms with Gasteiger partial charge < -0.3 is 10.2 Å². The van der Waals surface area contributed by atoms with Gasteiger partial charge in [-0.15, -0.1) is 0 Å². The fraction of sp³-hybridized carbons (Fsp3) is 0.846. The molecule has 0 spiro atoms. The third-order valence-electron chi connectivity index (χ3n) is 3.96. The van der Waals surface area contributed by atoms with Crippen molar-refractivity contribution in [3.05, 3.63) is 0 Å². The molecule has 0 aromatic rings. The van der Waals surface area contributed by atoms with Gasteiger partial charge in [0.05, 0.1) is 12.6 Å². The second kappa shape index (κ2) is 5.50. The lowest BCUT2D eigenvalue weighted by atomic mass is 10.1. The van der Waals surface area contributed by atoms with Gasteiger partial charge in [-0.3, -0.25) is 4.79 Å². The maximum atomic E-state index is 12.0. The lowest BCUT2D eigenvalue weighted by Crippen LogP contribution is -2.42. The summed E-state index contributed by atoms with van der Waals surface area (Å²) in [5.74, 6) is 0.870. The molecule has 2 fully saturated rings. The van der Waals surface area contributed by atoms with Crippen LogP contribution in [0.5, 0.6) is 0 Å². The second-order valence-electron chi connectivity index (χ2n) is 5.37. The largest absolute Gasteiger partial charge is 0.326 e. The van der Waals surface area contributed by atoms with Crippen LogP contribution in [-0.4, -0.2) is 36.0 Å². The van der Waals surface area contributed by atoms with E-state index in [1.165, 1.54) is 19.3 Å². The van der Waals surface area contributed by atoms with Crippen molar-refractivity contribution in [3.8, 4) is 6.07 Å². The molecule has 1 N–H and O–H groups in total. The molecule has 2 aliphatic rings. The zero-order chi connectivity index (χ0) is 12.3. The quantitative estimate of drug-likeness (QED) is 0.801. The first-order valence-electron chi connectivity index (χ1n) is 6.63. The van der Waals surface area contributed by atoms with Gasteiger partial charge in [-0.1, -0.05) is 6.92 Å². The van der Waals surface area contributed by atoms with Gasteiger partial charge in [-0.05, 0) is 38.0 Å². The summed E-state index contributed by atoms with van der Waals surface area (Å²) in [5.41, 5.74) is 0. The highest BCUT2D eigenvalue weighted by molar-refractivity contribution is 5.79. The van der Waals surface area contributed by atoms with Crippen LogP contribution < -0.4 is 5.32 Å². The first kappa shape index (κ1) is 12.4. The highest BCUT2D eigenvalue weighted by Gasteiger charge is 2.29. The van der Waals surface area contributed by atoms with Crippen LogP contribution in [-0.2, 0) is 4.79 Å². The van der Waals surface area contributed by atoms with Gasteiger partial charge >= 0.3 is 0 Å². The summed E-state index contributed by atoms with van der Waals surface area (Å²) in [6.45, 7) is 3.41. The average molecular weight is 235 g/mol. The topological polar surface area (TPSA) is 56.1 Å². The van der Waals surface area contributed by atoms with Crippen molar-refractivity contribution in [2.75, 3.05) is 13.1 Å². The van der Waals surface area contributed by atoms with Crippen LogP contribution in [0, 0.1) is 17.2 Å². The lowest BCUT2D eigenvalue weighted by molar-refractivity contribution is -0.130. The van der Waals surface area contributed by atoms with Gasteiger partial charge in [0.15, 0.2) is 0 Å². The van der Waals surface area contributed by atoms with E-state index < -0.39 is 0 Å². The molecule has 94 valence electrons. The fourth-order valence-corrected chi connectivity index (χ4v) is 2.93. The van der Waals surface area contributed by atoms with Crippen LogP contribution in [0.4, 0.5) is 0 Å². The van der Waals surface area contributed by atoms with Crippen molar-refractivity contribution in [1.29, 1.82) is 5.26 Å². The molecule has 1 saturated carbocycles. The summed E-state index contributed by atoms with van der Waals surface area (Å²) in [6, 6.07) is 2.52. The minimum absolute atomic E-state index is 0.0913. The second-order valence-corrected chi connectivity index (χ2v) is 5.37. The molecule has 1 aliphatic heterocycles. The van der Waals surface area contributed by atoms with E-state index in [1.54, 1.807) is 4.90 Å². The van der Waals surface area contributed by atoms with Gasteiger partial charge in [0.25, 0.3) is 0 Å². The molecular formula is C13H21N3O. The number of nitrogens with zero attached hydrogens (tertiary/aromatic N) is 2. The zero-order valence-electron chi connectivity index (χ0n) is 10.5. The zero-order valence-corrected chi connectivity index (χ0v) is 10.5. The van der Waals surface area contributed by atoms with Gasteiger partial charge in [0, 0.05) is 12.6 Å². The van der Waals surface area contributed by atoms with Gasteiger partial charge in [0.2, 0.25) is 5.91 Å². The van der Waals surface area contributed by atoms with Crippen molar-refractivity contribution in [1.82, 2.24) is 10.2 Å². The third-order valence-corrected chi connectivity index (χ3v) is 3.96. The van der Waals surface area contributed by atoms with E-state index in [2.05, 4.69) is 18.3 Å². The number of hydrogen-bond acceptors (Lipinski definition) is 3. The van der Waals surface area contributed by atoms with E-state index >= 15 is 0 Å². The molecule has 0 radical (unpaired) electrons. The van der Waals surface area contributed by atoms with E-state index in [-0.39, 0.29) is 11.9 Å². The molecule has 2 rings (SSSR count). The molecular weight excluding hydrogens is 214 g/mol. The first-order valence-corrected chi connectivity index (χ1v) is 6.63. The Hall–Kier alpha value is -1.08. The van der Waals surface area contributed by atoms with E-state index in [9.17, 15) is 4.79 Å². The van der Waals surface area contributed by atoms with E-state index in [0.717, 1.165) is 25.3 Å². The van der Waals surface area contributed by atoms with Crippen LogP contribution in [0.25, 0.3) is 0 Å².